The summed E-state index contributed by atoms with van der Waals surface area (Å²) in [5.41, 5.74) is 1.26. The summed E-state index contributed by atoms with van der Waals surface area (Å²) < 4.78 is 38.8. The van der Waals surface area contributed by atoms with Crippen molar-refractivity contribution in [2.75, 3.05) is 6.61 Å². The van der Waals surface area contributed by atoms with E-state index in [1.54, 1.807) is 43.3 Å². The van der Waals surface area contributed by atoms with E-state index < -0.39 is 6.61 Å². The van der Waals surface area contributed by atoms with Crippen LogP contribution in [0, 0.1) is 0 Å². The first kappa shape index (κ1) is 16.7. The van der Waals surface area contributed by atoms with Crippen LogP contribution in [0.5, 0.6) is 11.5 Å². The molecular formula is C17H16F2O4. The third-order valence-corrected chi connectivity index (χ3v) is 2.92. The van der Waals surface area contributed by atoms with E-state index in [1.165, 1.54) is 12.1 Å². The number of benzene rings is 2. The smallest absolute Gasteiger partial charge is 0.387 e. The number of ether oxygens (including phenoxy) is 3. The lowest BCUT2D eigenvalue weighted by atomic mass is 10.2. The van der Waals surface area contributed by atoms with Crippen LogP contribution in [-0.2, 0) is 11.3 Å². The summed E-state index contributed by atoms with van der Waals surface area (Å²) in [6, 6.07) is 12.8. The minimum Gasteiger partial charge on any atom is -0.489 e. The second-order valence-electron chi connectivity index (χ2n) is 4.56. The molecule has 0 fully saturated rings. The van der Waals surface area contributed by atoms with E-state index >= 15 is 0 Å². The standard InChI is InChI=1S/C17H16F2O4/c1-2-21-16(20)13-5-9-14(10-6-13)22-11-12-3-7-15(8-4-12)23-17(18)19/h3-10,17H,2,11H2,1H3. The summed E-state index contributed by atoms with van der Waals surface area (Å²) in [7, 11) is 0. The number of hydrogen-bond acceptors (Lipinski definition) is 4. The number of carbonyl (C=O) groups is 1. The fraction of sp³-hybridized carbons (Fsp3) is 0.235. The lowest BCUT2D eigenvalue weighted by Crippen LogP contribution is -2.04. The van der Waals surface area contributed by atoms with Crippen LogP contribution in [0.15, 0.2) is 48.5 Å². The van der Waals surface area contributed by atoms with Crippen molar-refractivity contribution in [1.29, 1.82) is 0 Å². The molecule has 0 heterocycles. The highest BCUT2D eigenvalue weighted by molar-refractivity contribution is 5.89. The van der Waals surface area contributed by atoms with E-state index in [4.69, 9.17) is 9.47 Å². The van der Waals surface area contributed by atoms with Gasteiger partial charge in [0.05, 0.1) is 12.2 Å². The van der Waals surface area contributed by atoms with Gasteiger partial charge in [-0.1, -0.05) is 12.1 Å². The molecular weight excluding hydrogens is 306 g/mol. The minimum atomic E-state index is -2.84. The van der Waals surface area contributed by atoms with E-state index in [0.717, 1.165) is 5.56 Å². The van der Waals surface area contributed by atoms with E-state index in [-0.39, 0.29) is 18.3 Å². The highest BCUT2D eigenvalue weighted by atomic mass is 19.3. The van der Waals surface area contributed by atoms with Gasteiger partial charge in [-0.25, -0.2) is 4.79 Å². The van der Waals surface area contributed by atoms with Gasteiger partial charge in [0.2, 0.25) is 0 Å². The molecule has 2 aromatic rings. The molecule has 0 N–H and O–H groups in total. The number of hydrogen-bond donors (Lipinski definition) is 0. The molecule has 0 aromatic heterocycles. The van der Waals surface area contributed by atoms with Gasteiger partial charge in [0.15, 0.2) is 0 Å². The van der Waals surface area contributed by atoms with Gasteiger partial charge in [-0.2, -0.15) is 8.78 Å². The molecule has 0 aliphatic carbocycles. The molecule has 0 aliphatic heterocycles. The van der Waals surface area contributed by atoms with E-state index in [1.807, 2.05) is 0 Å². The minimum absolute atomic E-state index is 0.0996. The number of carbonyl (C=O) groups excluding carboxylic acids is 1. The van der Waals surface area contributed by atoms with E-state index in [9.17, 15) is 13.6 Å². The van der Waals surface area contributed by atoms with E-state index in [0.29, 0.717) is 17.9 Å². The molecule has 23 heavy (non-hydrogen) atoms. The Morgan fingerprint density at radius 3 is 2.17 bits per heavy atom. The van der Waals surface area contributed by atoms with Gasteiger partial charge >= 0.3 is 12.6 Å². The maximum atomic E-state index is 12.0. The summed E-state index contributed by atoms with van der Waals surface area (Å²) in [5.74, 6) is 0.308. The molecule has 0 spiro atoms. The summed E-state index contributed by atoms with van der Waals surface area (Å²) in [6.07, 6.45) is 0. The van der Waals surface area contributed by atoms with Crippen molar-refractivity contribution in [3.05, 3.63) is 59.7 Å². The third-order valence-electron chi connectivity index (χ3n) is 2.92. The summed E-state index contributed by atoms with van der Waals surface area (Å²) in [5, 5.41) is 0. The van der Waals surface area contributed by atoms with Gasteiger partial charge in [0.25, 0.3) is 0 Å². The third kappa shape index (κ3) is 5.25. The monoisotopic (exact) mass is 322 g/mol. The highest BCUT2D eigenvalue weighted by Gasteiger charge is 2.06. The summed E-state index contributed by atoms with van der Waals surface area (Å²) in [4.78, 5) is 11.5. The largest absolute Gasteiger partial charge is 0.489 e. The Bertz CT molecular complexity index is 624. The van der Waals surface area contributed by atoms with Gasteiger partial charge < -0.3 is 14.2 Å². The lowest BCUT2D eigenvalue weighted by Gasteiger charge is -2.08. The van der Waals surface area contributed by atoms with Gasteiger partial charge in [0, 0.05) is 0 Å². The van der Waals surface area contributed by atoms with Gasteiger partial charge in [-0.05, 0) is 48.9 Å². The number of halogens is 2. The van der Waals surface area contributed by atoms with Crippen molar-refractivity contribution in [3.63, 3.8) is 0 Å². The molecule has 0 saturated heterocycles. The van der Waals surface area contributed by atoms with E-state index in [2.05, 4.69) is 4.74 Å². The predicted molar refractivity (Wildman–Crippen MR) is 79.8 cm³/mol. The fourth-order valence-electron chi connectivity index (χ4n) is 1.84. The van der Waals surface area contributed by atoms with Crippen molar-refractivity contribution < 1.29 is 27.8 Å². The Balaban J connectivity index is 1.89. The zero-order valence-electron chi connectivity index (χ0n) is 12.5. The van der Waals surface area contributed by atoms with Crippen LogP contribution >= 0.6 is 0 Å². The summed E-state index contributed by atoms with van der Waals surface area (Å²) >= 11 is 0. The lowest BCUT2D eigenvalue weighted by molar-refractivity contribution is -0.0498. The SMILES string of the molecule is CCOC(=O)c1ccc(OCc2ccc(OC(F)F)cc2)cc1. The molecule has 0 atom stereocenters. The van der Waals surface area contributed by atoms with Crippen molar-refractivity contribution in [2.45, 2.75) is 20.1 Å². The predicted octanol–water partition coefficient (Wildman–Crippen LogP) is 4.04. The van der Waals surface area contributed by atoms with Crippen LogP contribution in [0.4, 0.5) is 8.78 Å². The van der Waals surface area contributed by atoms with Crippen LogP contribution in [0.2, 0.25) is 0 Å². The second-order valence-corrected chi connectivity index (χ2v) is 4.56. The van der Waals surface area contributed by atoms with Crippen molar-refractivity contribution in [2.24, 2.45) is 0 Å². The van der Waals surface area contributed by atoms with Crippen LogP contribution in [-0.4, -0.2) is 19.2 Å². The Labute approximate surface area is 132 Å². The maximum absolute atomic E-state index is 12.0. The zero-order valence-corrected chi connectivity index (χ0v) is 12.5. The van der Waals surface area contributed by atoms with Crippen LogP contribution in [0.3, 0.4) is 0 Å². The molecule has 0 bridgehead atoms. The average Bonchev–Trinajstić information content (AvgIpc) is 2.54. The van der Waals surface area contributed by atoms with Crippen LogP contribution in [0.25, 0.3) is 0 Å². The zero-order chi connectivity index (χ0) is 16.7. The maximum Gasteiger partial charge on any atom is 0.387 e. The van der Waals surface area contributed by atoms with Crippen LogP contribution in [0.1, 0.15) is 22.8 Å². The Morgan fingerprint density at radius 2 is 1.61 bits per heavy atom. The van der Waals surface area contributed by atoms with Crippen molar-refractivity contribution >= 4 is 5.97 Å². The summed E-state index contributed by atoms with van der Waals surface area (Å²) in [6.45, 7) is -0.502. The topological polar surface area (TPSA) is 44.8 Å². The van der Waals surface area contributed by atoms with Gasteiger partial charge in [-0.15, -0.1) is 0 Å². The molecule has 4 nitrogen and oxygen atoms in total. The molecule has 0 saturated carbocycles. The molecule has 0 amide bonds. The Morgan fingerprint density at radius 1 is 1.00 bits per heavy atom. The van der Waals surface area contributed by atoms with Crippen molar-refractivity contribution in [3.8, 4) is 11.5 Å². The molecule has 6 heteroatoms. The molecule has 122 valence electrons. The van der Waals surface area contributed by atoms with Gasteiger partial charge in [0.1, 0.15) is 18.1 Å². The first-order chi connectivity index (χ1) is 11.1. The molecule has 2 rings (SSSR count). The highest BCUT2D eigenvalue weighted by Crippen LogP contribution is 2.18. The quantitative estimate of drug-likeness (QED) is 0.722. The Kier molecular flexibility index (Phi) is 5.91. The molecule has 2 aromatic carbocycles. The van der Waals surface area contributed by atoms with Crippen LogP contribution < -0.4 is 9.47 Å². The Hall–Kier alpha value is -2.63. The number of rotatable bonds is 7. The normalized spacial score (nSPS) is 10.4. The average molecular weight is 322 g/mol. The van der Waals surface area contributed by atoms with Crippen molar-refractivity contribution in [1.82, 2.24) is 0 Å². The fourth-order valence-corrected chi connectivity index (χ4v) is 1.84. The number of alkyl halides is 2. The van der Waals surface area contributed by atoms with Gasteiger partial charge in [-0.3, -0.25) is 0 Å². The molecule has 0 radical (unpaired) electrons. The second kappa shape index (κ2) is 8.12. The first-order valence-electron chi connectivity index (χ1n) is 7.02. The number of esters is 1. The first-order valence-corrected chi connectivity index (χ1v) is 7.02. The molecule has 0 aliphatic rings. The molecule has 0 unspecified atom stereocenters.